The molecule has 0 aliphatic rings. The number of hydrogen-bond donors (Lipinski definition) is 0. The molecule has 0 spiro atoms. The Balaban J connectivity index is 1.24. The third-order valence-corrected chi connectivity index (χ3v) is 14.9. The molecule has 0 amide bonds. The molecule has 8 heteroatoms. The topological polar surface area (TPSA) is 36.9 Å². The van der Waals surface area contributed by atoms with E-state index in [2.05, 4.69) is 146 Å². The molecule has 0 saturated heterocycles. The summed E-state index contributed by atoms with van der Waals surface area (Å²) in [6, 6.07) is 50.9. The number of ether oxygens (including phenoxy) is 4. The van der Waals surface area contributed by atoms with Crippen LogP contribution in [0.1, 0.15) is 61.3 Å². The van der Waals surface area contributed by atoms with E-state index in [9.17, 15) is 0 Å². The summed E-state index contributed by atoms with van der Waals surface area (Å²) in [7, 11) is 6.78. The highest BCUT2D eigenvalue weighted by Crippen LogP contribution is 2.54. The van der Waals surface area contributed by atoms with Crippen molar-refractivity contribution in [1.29, 1.82) is 0 Å². The lowest BCUT2D eigenvalue weighted by molar-refractivity contribution is 0.414. The molecule has 0 atom stereocenters. The molecule has 0 fully saturated rings. The number of thiophene rings is 4. The molecular formula is C53H44O4S4. The van der Waals surface area contributed by atoms with Crippen LogP contribution in [-0.2, 0) is 5.41 Å². The van der Waals surface area contributed by atoms with E-state index in [-0.39, 0.29) is 0 Å². The minimum atomic E-state index is -0.568. The smallest absolute Gasteiger partial charge is 0.118 e. The van der Waals surface area contributed by atoms with E-state index in [0.717, 1.165) is 45.3 Å². The minimum Gasteiger partial charge on any atom is -0.497 e. The maximum Gasteiger partial charge on any atom is 0.118 e. The van der Waals surface area contributed by atoms with Gasteiger partial charge in [0.1, 0.15) is 28.4 Å². The molecular weight excluding hydrogens is 829 g/mol. The molecule has 304 valence electrons. The minimum absolute atomic E-state index is 0.568. The van der Waals surface area contributed by atoms with Crippen molar-refractivity contribution in [3.8, 4) is 23.0 Å². The largest absolute Gasteiger partial charge is 0.497 e. The summed E-state index contributed by atoms with van der Waals surface area (Å²) in [5.74, 6) is 3.38. The zero-order chi connectivity index (χ0) is 42.0. The van der Waals surface area contributed by atoms with Crippen molar-refractivity contribution in [2.45, 2.75) is 5.41 Å². The molecule has 0 N–H and O–H groups in total. The average Bonchev–Trinajstić information content (AvgIpc) is 4.17. The molecule has 0 aliphatic heterocycles. The van der Waals surface area contributed by atoms with E-state index in [1.165, 1.54) is 39.0 Å². The SMILES string of the molecule is COc1ccc(/C=C/c2ccc(C(c3ccc(/C=C/c4ccc(OC)cc4)s3)(c3ccc(/C=C/c4ccc(OC)cc4)s3)c3ccc(/C=C/c4ccc(OC)cc4)s3)s2)cc1. The highest BCUT2D eigenvalue weighted by atomic mass is 32.1. The summed E-state index contributed by atoms with van der Waals surface area (Å²) in [5.41, 5.74) is 3.90. The normalized spacial score (nSPS) is 12.0. The van der Waals surface area contributed by atoms with Crippen LogP contribution in [0.4, 0.5) is 0 Å². The van der Waals surface area contributed by atoms with Crippen molar-refractivity contribution < 1.29 is 18.9 Å². The Hall–Kier alpha value is -6.16. The second-order valence-electron chi connectivity index (χ2n) is 14.0. The van der Waals surface area contributed by atoms with Gasteiger partial charge in [-0.05, 0) is 144 Å². The van der Waals surface area contributed by atoms with Gasteiger partial charge in [-0.2, -0.15) is 0 Å². The molecule has 4 aromatic heterocycles. The Morgan fingerprint density at radius 2 is 0.492 bits per heavy atom. The second kappa shape index (κ2) is 19.5. The Morgan fingerprint density at radius 1 is 0.279 bits per heavy atom. The van der Waals surface area contributed by atoms with Crippen LogP contribution in [0.25, 0.3) is 48.6 Å². The van der Waals surface area contributed by atoms with Gasteiger partial charge in [0, 0.05) is 39.0 Å². The average molecular weight is 873 g/mol. The van der Waals surface area contributed by atoms with Gasteiger partial charge in [0.25, 0.3) is 0 Å². The maximum absolute atomic E-state index is 5.40. The van der Waals surface area contributed by atoms with Gasteiger partial charge in [0.2, 0.25) is 0 Å². The lowest BCUT2D eigenvalue weighted by Crippen LogP contribution is -2.26. The Kier molecular flexibility index (Phi) is 13.3. The molecule has 8 rings (SSSR count). The van der Waals surface area contributed by atoms with E-state index < -0.39 is 5.41 Å². The van der Waals surface area contributed by atoms with Crippen LogP contribution in [0.2, 0.25) is 0 Å². The van der Waals surface area contributed by atoms with Gasteiger partial charge in [-0.1, -0.05) is 72.8 Å². The zero-order valence-electron chi connectivity index (χ0n) is 34.2. The Morgan fingerprint density at radius 3 is 0.689 bits per heavy atom. The van der Waals surface area contributed by atoms with E-state index >= 15 is 0 Å². The fraction of sp³-hybridized carbons (Fsp3) is 0.0943. The molecule has 4 nitrogen and oxygen atoms in total. The van der Waals surface area contributed by atoms with Crippen LogP contribution in [0.3, 0.4) is 0 Å². The highest BCUT2D eigenvalue weighted by Gasteiger charge is 2.43. The quantitative estimate of drug-likeness (QED) is 0.0969. The van der Waals surface area contributed by atoms with Crippen molar-refractivity contribution in [3.05, 3.63) is 207 Å². The lowest BCUT2D eigenvalue weighted by atomic mass is 9.81. The predicted octanol–water partition coefficient (Wildman–Crippen LogP) is 15.0. The van der Waals surface area contributed by atoms with Gasteiger partial charge in [-0.25, -0.2) is 0 Å². The molecule has 0 unspecified atom stereocenters. The van der Waals surface area contributed by atoms with Gasteiger partial charge in [0.15, 0.2) is 0 Å². The first-order chi connectivity index (χ1) is 29.9. The van der Waals surface area contributed by atoms with Crippen molar-refractivity contribution in [1.82, 2.24) is 0 Å². The molecule has 0 aliphatic carbocycles. The number of methoxy groups -OCH3 is 4. The van der Waals surface area contributed by atoms with Crippen molar-refractivity contribution in [2.75, 3.05) is 28.4 Å². The van der Waals surface area contributed by atoms with Crippen LogP contribution >= 0.6 is 45.3 Å². The molecule has 4 aromatic carbocycles. The zero-order valence-corrected chi connectivity index (χ0v) is 37.5. The molecule has 8 aromatic rings. The van der Waals surface area contributed by atoms with Crippen molar-refractivity contribution in [2.24, 2.45) is 0 Å². The maximum atomic E-state index is 5.40. The summed E-state index contributed by atoms with van der Waals surface area (Å²) in [4.78, 5) is 9.75. The molecule has 0 radical (unpaired) electrons. The van der Waals surface area contributed by atoms with Crippen LogP contribution in [0.15, 0.2) is 146 Å². The summed E-state index contributed by atoms with van der Waals surface area (Å²) in [6.45, 7) is 0. The standard InChI is InChI=1S/C53H44O4S4/c1-54-41-17-5-37(6-18-41)13-25-45-29-33-49(58-45)53(50-34-30-46(59-50)26-14-38-7-19-42(55-2)20-8-38,51-35-31-47(60-51)27-15-39-9-21-43(56-3)22-10-39)52-36-32-48(61-52)28-16-40-11-23-44(57-4)24-12-40/h5-36H,1-4H3/b25-13+,26-14+,27-15+,28-16+. The third-order valence-electron chi connectivity index (χ3n) is 10.2. The molecule has 4 heterocycles. The van der Waals surface area contributed by atoms with Gasteiger partial charge >= 0.3 is 0 Å². The number of rotatable bonds is 16. The van der Waals surface area contributed by atoms with E-state index in [1.54, 1.807) is 28.4 Å². The summed E-state index contributed by atoms with van der Waals surface area (Å²) in [6.07, 6.45) is 17.5. The number of hydrogen-bond acceptors (Lipinski definition) is 8. The predicted molar refractivity (Wildman–Crippen MR) is 264 cm³/mol. The summed E-state index contributed by atoms with van der Waals surface area (Å²) >= 11 is 7.36. The number of benzene rings is 4. The molecule has 0 bridgehead atoms. The van der Waals surface area contributed by atoms with Crippen molar-refractivity contribution >= 4 is 94.0 Å². The van der Waals surface area contributed by atoms with E-state index in [4.69, 9.17) is 18.9 Å². The first-order valence-electron chi connectivity index (χ1n) is 19.7. The first kappa shape index (κ1) is 41.6. The molecule has 61 heavy (non-hydrogen) atoms. The van der Waals surface area contributed by atoms with Crippen LogP contribution in [0.5, 0.6) is 23.0 Å². The molecule has 0 saturated carbocycles. The fourth-order valence-corrected chi connectivity index (χ4v) is 11.8. The van der Waals surface area contributed by atoms with Crippen molar-refractivity contribution in [3.63, 3.8) is 0 Å². The van der Waals surface area contributed by atoms with E-state index in [0.29, 0.717) is 0 Å². The van der Waals surface area contributed by atoms with Gasteiger partial charge in [-0.15, -0.1) is 45.3 Å². The van der Waals surface area contributed by atoms with Gasteiger partial charge < -0.3 is 18.9 Å². The van der Waals surface area contributed by atoms with Crippen LogP contribution in [0, 0.1) is 0 Å². The second-order valence-corrected chi connectivity index (χ2v) is 18.4. The monoisotopic (exact) mass is 872 g/mol. The van der Waals surface area contributed by atoms with Gasteiger partial charge in [0.05, 0.1) is 28.4 Å². The van der Waals surface area contributed by atoms with Gasteiger partial charge in [-0.3, -0.25) is 0 Å². The summed E-state index contributed by atoms with van der Waals surface area (Å²) in [5, 5.41) is 0. The lowest BCUT2D eigenvalue weighted by Gasteiger charge is -2.30. The third kappa shape index (κ3) is 9.75. The fourth-order valence-electron chi connectivity index (χ4n) is 6.88. The Labute approximate surface area is 374 Å². The Bertz CT molecular complexity index is 2390. The van der Waals surface area contributed by atoms with Crippen LogP contribution in [-0.4, -0.2) is 28.4 Å². The van der Waals surface area contributed by atoms with Crippen LogP contribution < -0.4 is 18.9 Å². The highest BCUT2D eigenvalue weighted by molar-refractivity contribution is 7.18. The first-order valence-corrected chi connectivity index (χ1v) is 22.9. The van der Waals surface area contributed by atoms with E-state index in [1.807, 2.05) is 93.9 Å². The summed E-state index contributed by atoms with van der Waals surface area (Å²) < 4.78 is 21.6.